The Bertz CT molecular complexity index is 1260. The molecule has 0 heteroatoms. The molecule has 0 N–H and O–H groups in total. The summed E-state index contributed by atoms with van der Waals surface area (Å²) in [4.78, 5) is 0. The van der Waals surface area contributed by atoms with Crippen LogP contribution in [-0.4, -0.2) is 0 Å². The SMILES string of the molecule is C=C1CCC(C)(C)C(/C=C/C(C)=C/C=C/C(C)=C/C=C/C=C(C)/C=C/C=C(C)/C=C/C2=C(C)C(=C)CCC2(C)C)=C1C. The molecule has 0 fully saturated rings. The van der Waals surface area contributed by atoms with E-state index in [-0.39, 0.29) is 10.8 Å². The minimum atomic E-state index is 0.207. The largest absolute Gasteiger partial charge is 0.0956 e. The number of allylic oxidation sites excluding steroid dienone is 24. The van der Waals surface area contributed by atoms with Crippen molar-refractivity contribution in [1.29, 1.82) is 0 Å². The summed E-state index contributed by atoms with van der Waals surface area (Å²) in [6, 6.07) is 0. The third-order valence-corrected chi connectivity index (χ3v) is 8.72. The predicted molar refractivity (Wildman–Crippen MR) is 190 cm³/mol. The highest BCUT2D eigenvalue weighted by Gasteiger charge is 2.29. The Morgan fingerprint density at radius 3 is 1.19 bits per heavy atom. The molecular weight excluding hydrogens is 504 g/mol. The van der Waals surface area contributed by atoms with Gasteiger partial charge < -0.3 is 0 Å². The van der Waals surface area contributed by atoms with Gasteiger partial charge in [0.25, 0.3) is 0 Å². The van der Waals surface area contributed by atoms with Gasteiger partial charge in [-0.2, -0.15) is 0 Å². The zero-order chi connectivity index (χ0) is 31.5. The average Bonchev–Trinajstić information content (AvgIpc) is 2.91. The second-order valence-electron chi connectivity index (χ2n) is 13.5. The quantitative estimate of drug-likeness (QED) is 0.233. The highest BCUT2D eigenvalue weighted by atomic mass is 14.3. The van der Waals surface area contributed by atoms with Crippen molar-refractivity contribution in [3.05, 3.63) is 154 Å². The summed E-state index contributed by atoms with van der Waals surface area (Å²) in [5.41, 5.74) is 13.4. The average molecular weight is 561 g/mol. The summed E-state index contributed by atoms with van der Waals surface area (Å²) >= 11 is 0. The van der Waals surface area contributed by atoms with Gasteiger partial charge in [-0.15, -0.1) is 0 Å². The zero-order valence-electron chi connectivity index (χ0n) is 28.3. The Kier molecular flexibility index (Phi) is 13.0. The van der Waals surface area contributed by atoms with Crippen molar-refractivity contribution in [2.24, 2.45) is 10.8 Å². The molecule has 2 aliphatic rings. The molecule has 0 aromatic rings. The molecule has 0 spiro atoms. The van der Waals surface area contributed by atoms with E-state index < -0.39 is 0 Å². The number of rotatable bonds is 10. The smallest absolute Gasteiger partial charge is 0.00977 e. The van der Waals surface area contributed by atoms with E-state index >= 15 is 0 Å². The van der Waals surface area contributed by atoms with Gasteiger partial charge in [0.15, 0.2) is 0 Å². The molecule has 0 bridgehead atoms. The Labute approximate surface area is 259 Å². The second kappa shape index (κ2) is 15.7. The van der Waals surface area contributed by atoms with Gasteiger partial charge >= 0.3 is 0 Å². The van der Waals surface area contributed by atoms with E-state index in [9.17, 15) is 0 Å². The molecule has 0 amide bonds. The lowest BCUT2D eigenvalue weighted by Crippen LogP contribution is -2.20. The van der Waals surface area contributed by atoms with E-state index in [0.29, 0.717) is 0 Å². The van der Waals surface area contributed by atoms with Crippen LogP contribution in [0.2, 0.25) is 0 Å². The molecule has 224 valence electrons. The van der Waals surface area contributed by atoms with Crippen LogP contribution in [0.5, 0.6) is 0 Å². The second-order valence-corrected chi connectivity index (χ2v) is 13.5. The topological polar surface area (TPSA) is 0 Å². The van der Waals surface area contributed by atoms with Gasteiger partial charge in [0, 0.05) is 0 Å². The fourth-order valence-electron chi connectivity index (χ4n) is 5.44. The number of hydrogen-bond donors (Lipinski definition) is 0. The van der Waals surface area contributed by atoms with Gasteiger partial charge in [0.05, 0.1) is 0 Å². The molecule has 2 rings (SSSR count). The third kappa shape index (κ3) is 10.8. The van der Waals surface area contributed by atoms with E-state index in [1.807, 2.05) is 0 Å². The molecule has 0 saturated carbocycles. The van der Waals surface area contributed by atoms with Gasteiger partial charge in [0.2, 0.25) is 0 Å². The minimum Gasteiger partial charge on any atom is -0.0956 e. The van der Waals surface area contributed by atoms with Crippen molar-refractivity contribution >= 4 is 0 Å². The first-order valence-electron chi connectivity index (χ1n) is 15.5. The third-order valence-electron chi connectivity index (χ3n) is 8.72. The van der Waals surface area contributed by atoms with E-state index in [1.165, 1.54) is 55.7 Å². The van der Waals surface area contributed by atoms with Crippen LogP contribution in [-0.2, 0) is 0 Å². The molecule has 0 atom stereocenters. The van der Waals surface area contributed by atoms with E-state index in [1.54, 1.807) is 0 Å². The summed E-state index contributed by atoms with van der Waals surface area (Å²) in [6.07, 6.45) is 34.9. The first kappa shape index (κ1) is 34.8. The minimum absolute atomic E-state index is 0.207. The molecule has 42 heavy (non-hydrogen) atoms. The Morgan fingerprint density at radius 2 is 0.833 bits per heavy atom. The lowest BCUT2D eigenvalue weighted by molar-refractivity contribution is 0.401. The van der Waals surface area contributed by atoms with Crippen molar-refractivity contribution in [3.63, 3.8) is 0 Å². The van der Waals surface area contributed by atoms with Crippen LogP contribution >= 0.6 is 0 Å². The van der Waals surface area contributed by atoms with E-state index in [4.69, 9.17) is 0 Å². The van der Waals surface area contributed by atoms with Crippen LogP contribution in [0.3, 0.4) is 0 Å². The first-order valence-corrected chi connectivity index (χ1v) is 15.5. The Morgan fingerprint density at radius 1 is 0.524 bits per heavy atom. The molecule has 0 saturated heterocycles. The van der Waals surface area contributed by atoms with Gasteiger partial charge in [-0.3, -0.25) is 0 Å². The lowest BCUT2D eigenvalue weighted by Gasteiger charge is -2.34. The molecule has 0 nitrogen and oxygen atoms in total. The van der Waals surface area contributed by atoms with Crippen LogP contribution in [0.25, 0.3) is 0 Å². The van der Waals surface area contributed by atoms with Gasteiger partial charge in [-0.1, -0.05) is 159 Å². The van der Waals surface area contributed by atoms with Crippen LogP contribution in [0.15, 0.2) is 154 Å². The van der Waals surface area contributed by atoms with E-state index in [0.717, 1.165) is 25.7 Å². The maximum absolute atomic E-state index is 4.25. The van der Waals surface area contributed by atoms with Crippen molar-refractivity contribution in [3.8, 4) is 0 Å². The maximum Gasteiger partial charge on any atom is -0.00977 e. The summed E-state index contributed by atoms with van der Waals surface area (Å²) < 4.78 is 0. The molecule has 0 aliphatic heterocycles. The molecule has 2 aliphatic carbocycles. The molecule has 0 radical (unpaired) electrons. The molecule has 0 heterocycles. The summed E-state index contributed by atoms with van der Waals surface area (Å²) in [7, 11) is 0. The summed E-state index contributed by atoms with van der Waals surface area (Å²) in [6.45, 7) is 30.8. The monoisotopic (exact) mass is 560 g/mol. The first-order chi connectivity index (χ1) is 19.6. The molecule has 0 aromatic carbocycles. The van der Waals surface area contributed by atoms with Crippen molar-refractivity contribution in [2.45, 2.75) is 94.9 Å². The van der Waals surface area contributed by atoms with Gasteiger partial charge in [0.1, 0.15) is 0 Å². The fourth-order valence-corrected chi connectivity index (χ4v) is 5.44. The molecule has 0 aromatic heterocycles. The standard InChI is InChI=1S/C42H56/c1-31(19-15-21-33(3)23-25-39-37(7)35(5)27-29-41(39,9)10)17-13-14-18-32(2)20-16-22-34(4)24-26-40-38(8)36(6)28-30-42(40,11)12/h13-26H,5-6,27-30H2,1-4,7-12H3/b14-13+,19-15+,20-16+,25-23+,26-24+,31-17+,32-18+,33-21+,34-22+. The van der Waals surface area contributed by atoms with Crippen LogP contribution in [0.1, 0.15) is 94.9 Å². The fraction of sp³-hybridized carbons (Fsp3) is 0.381. The number of hydrogen-bond acceptors (Lipinski definition) is 0. The Balaban J connectivity index is 1.93. The van der Waals surface area contributed by atoms with Crippen LogP contribution in [0.4, 0.5) is 0 Å². The predicted octanol–water partition coefficient (Wildman–Crippen LogP) is 12.9. The van der Waals surface area contributed by atoms with Crippen molar-refractivity contribution < 1.29 is 0 Å². The van der Waals surface area contributed by atoms with Crippen LogP contribution in [0, 0.1) is 10.8 Å². The van der Waals surface area contributed by atoms with Crippen molar-refractivity contribution in [2.75, 3.05) is 0 Å². The van der Waals surface area contributed by atoms with Gasteiger partial charge in [-0.05, 0) is 100 Å². The zero-order valence-corrected chi connectivity index (χ0v) is 28.3. The highest BCUT2D eigenvalue weighted by Crippen LogP contribution is 2.43. The maximum atomic E-state index is 4.25. The molecular formula is C42H56. The van der Waals surface area contributed by atoms with Crippen LogP contribution < -0.4 is 0 Å². The highest BCUT2D eigenvalue weighted by molar-refractivity contribution is 5.46. The summed E-state index contributed by atoms with van der Waals surface area (Å²) in [5.74, 6) is 0. The Hall–Kier alpha value is -3.38. The normalized spacial score (nSPS) is 21.6. The summed E-state index contributed by atoms with van der Waals surface area (Å²) in [5, 5.41) is 0. The van der Waals surface area contributed by atoms with E-state index in [2.05, 4.69) is 167 Å². The lowest BCUT2D eigenvalue weighted by atomic mass is 9.71. The van der Waals surface area contributed by atoms with Gasteiger partial charge in [-0.25, -0.2) is 0 Å². The molecule has 0 unspecified atom stereocenters. The van der Waals surface area contributed by atoms with Crippen molar-refractivity contribution in [1.82, 2.24) is 0 Å².